The van der Waals surface area contributed by atoms with Crippen LogP contribution in [0.3, 0.4) is 0 Å². The van der Waals surface area contributed by atoms with Gasteiger partial charge in [0.25, 0.3) is 5.91 Å². The number of pyridine rings is 1. The molecule has 1 aromatic heterocycles. The van der Waals surface area contributed by atoms with Gasteiger partial charge in [0.05, 0.1) is 16.1 Å². The normalized spacial score (nSPS) is 19.1. The van der Waals surface area contributed by atoms with E-state index in [4.69, 9.17) is 11.6 Å². The molecule has 0 bridgehead atoms. The molecule has 0 saturated carbocycles. The summed E-state index contributed by atoms with van der Waals surface area (Å²) in [4.78, 5) is 18.2. The molecule has 1 N–H and O–H groups in total. The number of hydrogen-bond acceptors (Lipinski definition) is 3. The van der Waals surface area contributed by atoms with Crippen LogP contribution in [-0.2, 0) is 0 Å². The van der Waals surface area contributed by atoms with Gasteiger partial charge in [-0.25, -0.2) is 0 Å². The van der Waals surface area contributed by atoms with Gasteiger partial charge >= 0.3 is 0 Å². The van der Waals surface area contributed by atoms with Crippen LogP contribution in [0.25, 0.3) is 0 Å². The van der Waals surface area contributed by atoms with Crippen molar-refractivity contribution in [1.29, 1.82) is 0 Å². The second-order valence-corrected chi connectivity index (χ2v) is 5.21. The predicted molar refractivity (Wildman–Crippen MR) is 67.2 cm³/mol. The van der Waals surface area contributed by atoms with E-state index >= 15 is 0 Å². The predicted octanol–water partition coefficient (Wildman–Crippen LogP) is 1.56. The van der Waals surface area contributed by atoms with Crippen molar-refractivity contribution in [3.05, 3.63) is 29.0 Å². The van der Waals surface area contributed by atoms with Gasteiger partial charge in [-0.1, -0.05) is 11.6 Å². The van der Waals surface area contributed by atoms with Crippen molar-refractivity contribution in [3.63, 3.8) is 0 Å². The molecule has 4 nitrogen and oxygen atoms in total. The topological polar surface area (TPSA) is 45.2 Å². The lowest BCUT2D eigenvalue weighted by molar-refractivity contribution is 0.0477. The first kappa shape index (κ1) is 12.3. The largest absolute Gasteiger partial charge is 0.331 e. The maximum atomic E-state index is 12.4. The number of nitrogens with one attached hydrogen (secondary N) is 1. The molecular weight excluding hydrogens is 238 g/mol. The average molecular weight is 254 g/mol. The Labute approximate surface area is 106 Å². The molecule has 1 saturated heterocycles. The second-order valence-electron chi connectivity index (χ2n) is 4.80. The molecule has 0 unspecified atom stereocenters. The van der Waals surface area contributed by atoms with Crippen molar-refractivity contribution in [2.45, 2.75) is 19.4 Å². The number of piperazine rings is 1. The van der Waals surface area contributed by atoms with Gasteiger partial charge in [0.15, 0.2) is 0 Å². The lowest BCUT2D eigenvalue weighted by Crippen LogP contribution is -2.59. The van der Waals surface area contributed by atoms with E-state index in [0.29, 0.717) is 17.1 Å². The van der Waals surface area contributed by atoms with Crippen molar-refractivity contribution >= 4 is 17.5 Å². The Bertz CT molecular complexity index is 434. The highest BCUT2D eigenvalue weighted by Gasteiger charge is 2.34. The number of aromatic nitrogens is 1. The first-order valence-corrected chi connectivity index (χ1v) is 6.02. The van der Waals surface area contributed by atoms with Crippen molar-refractivity contribution in [2.75, 3.05) is 19.6 Å². The SMILES string of the molecule is CC1(C)CNCCN1C(=O)c1ccncc1Cl. The number of nitrogens with zero attached hydrogens (tertiary/aromatic N) is 2. The van der Waals surface area contributed by atoms with Crippen molar-refractivity contribution in [2.24, 2.45) is 0 Å². The lowest BCUT2D eigenvalue weighted by Gasteiger charge is -2.42. The molecule has 2 heterocycles. The fourth-order valence-electron chi connectivity index (χ4n) is 2.05. The fraction of sp³-hybridized carbons (Fsp3) is 0.500. The highest BCUT2D eigenvalue weighted by Crippen LogP contribution is 2.22. The smallest absolute Gasteiger partial charge is 0.256 e. The van der Waals surface area contributed by atoms with Crippen LogP contribution in [0.2, 0.25) is 5.02 Å². The van der Waals surface area contributed by atoms with Crippen LogP contribution in [0.5, 0.6) is 0 Å². The monoisotopic (exact) mass is 253 g/mol. The van der Waals surface area contributed by atoms with E-state index in [-0.39, 0.29) is 11.4 Å². The standard InChI is InChI=1S/C12H16ClN3O/c1-12(2)8-15-5-6-16(12)11(17)9-3-4-14-7-10(9)13/h3-4,7,15H,5-6,8H2,1-2H3. The molecule has 0 radical (unpaired) electrons. The Morgan fingerprint density at radius 3 is 3.00 bits per heavy atom. The molecule has 0 aromatic carbocycles. The van der Waals surface area contributed by atoms with Gasteiger partial charge < -0.3 is 10.2 Å². The van der Waals surface area contributed by atoms with Crippen LogP contribution >= 0.6 is 11.6 Å². The van der Waals surface area contributed by atoms with Crippen LogP contribution in [-0.4, -0.2) is 41.0 Å². The summed E-state index contributed by atoms with van der Waals surface area (Å²) in [6.07, 6.45) is 3.10. The molecular formula is C12H16ClN3O. The van der Waals surface area contributed by atoms with Crippen molar-refractivity contribution in [1.82, 2.24) is 15.2 Å². The minimum atomic E-state index is -0.193. The molecule has 1 fully saturated rings. The number of rotatable bonds is 1. The number of amides is 1. The van der Waals surface area contributed by atoms with Gasteiger partial charge in [0, 0.05) is 32.0 Å². The molecule has 1 aromatic rings. The van der Waals surface area contributed by atoms with Gasteiger partial charge in [-0.2, -0.15) is 0 Å². The Hall–Kier alpha value is -1.13. The van der Waals surface area contributed by atoms with E-state index in [1.807, 2.05) is 18.7 Å². The zero-order valence-corrected chi connectivity index (χ0v) is 10.8. The maximum Gasteiger partial charge on any atom is 0.256 e. The van der Waals surface area contributed by atoms with Gasteiger partial charge in [-0.05, 0) is 19.9 Å². The molecule has 92 valence electrons. The lowest BCUT2D eigenvalue weighted by atomic mass is 9.99. The van der Waals surface area contributed by atoms with Gasteiger partial charge in [-0.15, -0.1) is 0 Å². The van der Waals surface area contributed by atoms with Crippen LogP contribution in [0.4, 0.5) is 0 Å². The molecule has 17 heavy (non-hydrogen) atoms. The highest BCUT2D eigenvalue weighted by molar-refractivity contribution is 6.33. The number of hydrogen-bond donors (Lipinski definition) is 1. The van der Waals surface area contributed by atoms with Crippen LogP contribution in [0, 0.1) is 0 Å². The first-order valence-electron chi connectivity index (χ1n) is 5.64. The van der Waals surface area contributed by atoms with Crippen molar-refractivity contribution in [3.8, 4) is 0 Å². The summed E-state index contributed by atoms with van der Waals surface area (Å²) in [5.41, 5.74) is 0.332. The molecule has 1 aliphatic heterocycles. The van der Waals surface area contributed by atoms with Crippen molar-refractivity contribution < 1.29 is 4.79 Å². The van der Waals surface area contributed by atoms with E-state index in [1.165, 1.54) is 6.20 Å². The zero-order valence-electron chi connectivity index (χ0n) is 10.0. The Morgan fingerprint density at radius 1 is 1.59 bits per heavy atom. The van der Waals surface area contributed by atoms with Gasteiger partial charge in [-0.3, -0.25) is 9.78 Å². The summed E-state index contributed by atoms with van der Waals surface area (Å²) in [5, 5.41) is 3.70. The summed E-state index contributed by atoms with van der Waals surface area (Å²) >= 11 is 6.01. The third-order valence-corrected chi connectivity index (χ3v) is 3.35. The fourth-order valence-corrected chi connectivity index (χ4v) is 2.25. The van der Waals surface area contributed by atoms with E-state index in [0.717, 1.165) is 13.1 Å². The molecule has 1 amide bonds. The number of carbonyl (C=O) groups excluding carboxylic acids is 1. The van der Waals surface area contributed by atoms with Gasteiger partial charge in [0.1, 0.15) is 0 Å². The summed E-state index contributed by atoms with van der Waals surface area (Å²) in [6.45, 7) is 6.40. The van der Waals surface area contributed by atoms with Crippen LogP contribution < -0.4 is 5.32 Å². The molecule has 2 rings (SSSR count). The summed E-state index contributed by atoms with van der Waals surface area (Å²) in [7, 11) is 0. The van der Waals surface area contributed by atoms with E-state index in [1.54, 1.807) is 12.3 Å². The number of halogens is 1. The van der Waals surface area contributed by atoms with E-state index in [9.17, 15) is 4.79 Å². The molecule has 1 aliphatic rings. The Kier molecular flexibility index (Phi) is 3.35. The quantitative estimate of drug-likeness (QED) is 0.826. The summed E-state index contributed by atoms with van der Waals surface area (Å²) < 4.78 is 0. The minimum Gasteiger partial charge on any atom is -0.331 e. The molecule has 0 atom stereocenters. The Morgan fingerprint density at radius 2 is 2.35 bits per heavy atom. The molecule has 0 aliphatic carbocycles. The van der Waals surface area contributed by atoms with E-state index in [2.05, 4.69) is 10.3 Å². The van der Waals surface area contributed by atoms with Gasteiger partial charge in [0.2, 0.25) is 0 Å². The van der Waals surface area contributed by atoms with E-state index < -0.39 is 0 Å². The second kappa shape index (κ2) is 4.63. The first-order chi connectivity index (χ1) is 8.02. The van der Waals surface area contributed by atoms with Crippen LogP contribution in [0.1, 0.15) is 24.2 Å². The highest BCUT2D eigenvalue weighted by atomic mass is 35.5. The average Bonchev–Trinajstić information content (AvgIpc) is 2.28. The zero-order chi connectivity index (χ0) is 12.5. The molecule has 0 spiro atoms. The molecule has 5 heteroatoms. The summed E-state index contributed by atoms with van der Waals surface area (Å²) in [5.74, 6) is -0.0242. The number of carbonyl (C=O) groups is 1. The Balaban J connectivity index is 2.28. The third-order valence-electron chi connectivity index (χ3n) is 3.05. The third kappa shape index (κ3) is 2.42. The van der Waals surface area contributed by atoms with Crippen LogP contribution in [0.15, 0.2) is 18.5 Å². The minimum absolute atomic E-state index is 0.0242. The summed E-state index contributed by atoms with van der Waals surface area (Å²) in [6, 6.07) is 1.67. The maximum absolute atomic E-state index is 12.4.